The molecule has 0 N–H and O–H groups in total. The molecule has 0 spiro atoms. The van der Waals surface area contributed by atoms with Crippen LogP contribution in [0.15, 0.2) is 0 Å². The van der Waals surface area contributed by atoms with E-state index in [2.05, 4.69) is 0 Å². The van der Waals surface area contributed by atoms with Crippen molar-refractivity contribution in [2.45, 2.75) is 63.3 Å². The molecule has 18 heavy (non-hydrogen) atoms. The van der Waals surface area contributed by atoms with Crippen molar-refractivity contribution in [1.29, 1.82) is 0 Å². The van der Waals surface area contributed by atoms with Gasteiger partial charge in [-0.1, -0.05) is 6.92 Å². The summed E-state index contributed by atoms with van der Waals surface area (Å²) in [6, 6.07) is 0. The third kappa shape index (κ3) is 3.28. The predicted octanol–water partition coefficient (Wildman–Crippen LogP) is 1.13. The highest BCUT2D eigenvalue weighted by Gasteiger charge is 2.51. The van der Waals surface area contributed by atoms with Crippen molar-refractivity contribution in [2.24, 2.45) is 5.92 Å². The summed E-state index contributed by atoms with van der Waals surface area (Å²) >= 11 is 0. The van der Waals surface area contributed by atoms with Gasteiger partial charge in [-0.05, 0) is 33.6 Å². The Bertz CT molecular complexity index is 366. The molecule has 4 nitrogen and oxygen atoms in total. The van der Waals surface area contributed by atoms with Gasteiger partial charge in [-0.3, -0.25) is 0 Å². The average molecular weight is 274 g/mol. The Balaban J connectivity index is 2.91. The molecule has 0 aromatic carbocycles. The molecule has 0 aromatic heterocycles. The summed E-state index contributed by atoms with van der Waals surface area (Å²) in [7, 11) is 2.42. The van der Waals surface area contributed by atoms with Crippen LogP contribution in [0.25, 0.3) is 0 Å². The normalized spacial score (nSPS) is 35.5. The molecule has 1 heterocycles. The summed E-state index contributed by atoms with van der Waals surface area (Å²) in [6.07, 6.45) is -0.421. The lowest BCUT2D eigenvalue weighted by atomic mass is 9.87. The third-order valence-electron chi connectivity index (χ3n) is 3.23. The average Bonchev–Trinajstić information content (AvgIpc) is 2.37. The van der Waals surface area contributed by atoms with E-state index in [0.29, 0.717) is 0 Å². The quantitative estimate of drug-likeness (QED) is 0.705. The minimum absolute atomic E-state index is 0.00738. The van der Waals surface area contributed by atoms with Crippen LogP contribution in [-0.4, -0.2) is 51.6 Å². The van der Waals surface area contributed by atoms with Crippen LogP contribution >= 0.6 is 0 Å². The molecule has 1 fully saturated rings. The van der Waals surface area contributed by atoms with E-state index in [0.717, 1.165) is 0 Å². The smallest absolute Gasteiger partial charge is 0.152 e. The molecule has 0 aliphatic carbocycles. The molecular weight excluding hydrogens is 251 g/mol. The van der Waals surface area contributed by atoms with Gasteiger partial charge in [0.2, 0.25) is 0 Å². The standard InChI is InChI=1S/C12H23BO4S/c1-7(2)16-6-10-11(17-8(3)4)9(5)12(13)18(10,14)15/h7-12H,6H2,1-5H3/t9-,10+,11?,12+/m0/s1. The van der Waals surface area contributed by atoms with Gasteiger partial charge in [0, 0.05) is 5.15 Å². The largest absolute Gasteiger partial charge is 0.377 e. The summed E-state index contributed by atoms with van der Waals surface area (Å²) in [6.45, 7) is 9.51. The first kappa shape index (κ1) is 16.0. The molecular formula is C12H23BO4S. The zero-order valence-electron chi connectivity index (χ0n) is 11.8. The van der Waals surface area contributed by atoms with Crippen molar-refractivity contribution in [1.82, 2.24) is 0 Å². The first-order valence-corrected chi connectivity index (χ1v) is 8.04. The summed E-state index contributed by atoms with van der Waals surface area (Å²) in [5, 5.41) is -1.52. The minimum atomic E-state index is -3.38. The maximum atomic E-state index is 12.2. The molecule has 104 valence electrons. The maximum Gasteiger partial charge on any atom is 0.152 e. The Morgan fingerprint density at radius 2 is 1.72 bits per heavy atom. The molecule has 1 unspecified atom stereocenters. The first-order valence-electron chi connectivity index (χ1n) is 6.43. The van der Waals surface area contributed by atoms with Crippen molar-refractivity contribution in [3.63, 3.8) is 0 Å². The van der Waals surface area contributed by atoms with Gasteiger partial charge in [0.15, 0.2) is 9.84 Å². The zero-order valence-corrected chi connectivity index (χ0v) is 12.6. The molecule has 1 aliphatic rings. The van der Waals surface area contributed by atoms with Gasteiger partial charge in [-0.2, -0.15) is 0 Å². The Kier molecular flexibility index (Phi) is 5.27. The van der Waals surface area contributed by atoms with E-state index >= 15 is 0 Å². The molecule has 0 amide bonds. The van der Waals surface area contributed by atoms with E-state index in [1.165, 1.54) is 0 Å². The lowest BCUT2D eigenvalue weighted by molar-refractivity contribution is -0.0331. The number of rotatable bonds is 5. The Morgan fingerprint density at radius 1 is 1.17 bits per heavy atom. The van der Waals surface area contributed by atoms with Crippen LogP contribution < -0.4 is 0 Å². The van der Waals surface area contributed by atoms with E-state index in [4.69, 9.17) is 17.3 Å². The fraction of sp³-hybridized carbons (Fsp3) is 1.00. The highest BCUT2D eigenvalue weighted by atomic mass is 32.2. The topological polar surface area (TPSA) is 52.6 Å². The van der Waals surface area contributed by atoms with Crippen LogP contribution in [0.3, 0.4) is 0 Å². The van der Waals surface area contributed by atoms with Crippen molar-refractivity contribution in [2.75, 3.05) is 6.61 Å². The van der Waals surface area contributed by atoms with Crippen molar-refractivity contribution < 1.29 is 17.9 Å². The molecule has 0 saturated carbocycles. The first-order chi connectivity index (χ1) is 8.17. The van der Waals surface area contributed by atoms with Crippen molar-refractivity contribution in [3.05, 3.63) is 0 Å². The fourth-order valence-electron chi connectivity index (χ4n) is 2.22. The lowest BCUT2D eigenvalue weighted by Crippen LogP contribution is -2.37. The van der Waals surface area contributed by atoms with Crippen LogP contribution in [0.2, 0.25) is 0 Å². The molecule has 1 saturated heterocycles. The van der Waals surface area contributed by atoms with Gasteiger partial charge < -0.3 is 9.47 Å². The molecule has 6 heteroatoms. The van der Waals surface area contributed by atoms with Gasteiger partial charge in [-0.15, -0.1) is 0 Å². The van der Waals surface area contributed by atoms with E-state index in [1.807, 2.05) is 34.6 Å². The zero-order chi connectivity index (χ0) is 14.1. The van der Waals surface area contributed by atoms with Crippen molar-refractivity contribution in [3.8, 4) is 0 Å². The highest BCUT2D eigenvalue weighted by molar-refractivity contribution is 7.94. The van der Waals surface area contributed by atoms with Crippen LogP contribution in [0.5, 0.6) is 0 Å². The van der Waals surface area contributed by atoms with Crippen LogP contribution in [0.4, 0.5) is 0 Å². The second kappa shape index (κ2) is 5.93. The second-order valence-corrected chi connectivity index (χ2v) is 7.81. The molecule has 2 radical (unpaired) electrons. The van der Waals surface area contributed by atoms with Crippen LogP contribution in [0, 0.1) is 5.92 Å². The van der Waals surface area contributed by atoms with Gasteiger partial charge in [-0.25, -0.2) is 8.42 Å². The summed E-state index contributed by atoms with van der Waals surface area (Å²) < 4.78 is 35.6. The Morgan fingerprint density at radius 3 is 2.17 bits per heavy atom. The number of sulfone groups is 1. The molecule has 4 atom stereocenters. The lowest BCUT2D eigenvalue weighted by Gasteiger charge is -2.24. The number of hydrogen-bond donors (Lipinski definition) is 0. The predicted molar refractivity (Wildman–Crippen MR) is 72.5 cm³/mol. The highest BCUT2D eigenvalue weighted by Crippen LogP contribution is 2.34. The van der Waals surface area contributed by atoms with Gasteiger partial charge in [0.1, 0.15) is 5.25 Å². The van der Waals surface area contributed by atoms with Gasteiger partial charge in [0.25, 0.3) is 0 Å². The maximum absolute atomic E-state index is 12.2. The molecule has 0 aromatic rings. The summed E-state index contributed by atoms with van der Waals surface area (Å²) in [5.74, 6) is -0.210. The van der Waals surface area contributed by atoms with Crippen molar-refractivity contribution >= 4 is 17.7 Å². The van der Waals surface area contributed by atoms with Crippen LogP contribution in [-0.2, 0) is 19.3 Å². The van der Waals surface area contributed by atoms with E-state index in [1.54, 1.807) is 0 Å². The summed E-state index contributed by atoms with van der Waals surface area (Å²) in [4.78, 5) is 0. The Hall–Kier alpha value is -0.0651. The van der Waals surface area contributed by atoms with Gasteiger partial charge in [0.05, 0.1) is 32.8 Å². The fourth-order valence-corrected chi connectivity index (χ4v) is 4.33. The minimum Gasteiger partial charge on any atom is -0.377 e. The molecule has 1 aliphatic heterocycles. The second-order valence-electron chi connectivity index (χ2n) is 5.48. The third-order valence-corrected chi connectivity index (χ3v) is 5.66. The number of hydrogen-bond acceptors (Lipinski definition) is 4. The monoisotopic (exact) mass is 274 g/mol. The van der Waals surface area contributed by atoms with E-state index < -0.39 is 20.2 Å². The molecule has 0 bridgehead atoms. The molecule has 1 rings (SSSR count). The Labute approximate surface area is 112 Å². The van der Waals surface area contributed by atoms with Crippen LogP contribution in [0.1, 0.15) is 34.6 Å². The summed E-state index contributed by atoms with van der Waals surface area (Å²) in [5.41, 5.74) is 0. The SMILES string of the molecule is [B][C@H]1[C@@H](C)C(OC(C)C)[C@@H](COC(C)C)S1(=O)=O. The van der Waals surface area contributed by atoms with Gasteiger partial charge >= 0.3 is 0 Å². The van der Waals surface area contributed by atoms with E-state index in [-0.39, 0.29) is 30.8 Å². The van der Waals surface area contributed by atoms with E-state index in [9.17, 15) is 8.42 Å². The number of ether oxygens (including phenoxy) is 2.